The van der Waals surface area contributed by atoms with E-state index in [1.54, 1.807) is 6.20 Å². The Morgan fingerprint density at radius 1 is 1.35 bits per heavy atom. The summed E-state index contributed by atoms with van der Waals surface area (Å²) in [6.45, 7) is 2.45. The van der Waals surface area contributed by atoms with Gasteiger partial charge in [-0.05, 0) is 36.8 Å². The number of nitrogens with two attached hydrogens (primary N) is 1. The lowest BCUT2D eigenvalue weighted by atomic mass is 10.2. The maximum absolute atomic E-state index is 5.74. The third-order valence-electron chi connectivity index (χ3n) is 2.45. The van der Waals surface area contributed by atoms with Crippen LogP contribution in [-0.2, 0) is 6.61 Å². The van der Waals surface area contributed by atoms with Crippen LogP contribution in [0.5, 0.6) is 5.75 Å². The monoisotopic (exact) mass is 292 g/mol. The number of pyridine rings is 1. The lowest BCUT2D eigenvalue weighted by Gasteiger charge is -2.09. The minimum absolute atomic E-state index is 0.431. The zero-order valence-corrected chi connectivity index (χ0v) is 11.1. The first-order valence-electron chi connectivity index (χ1n) is 5.25. The third-order valence-corrected chi connectivity index (χ3v) is 3.34. The van der Waals surface area contributed by atoms with Gasteiger partial charge in [0.1, 0.15) is 18.2 Å². The van der Waals surface area contributed by atoms with Gasteiger partial charge >= 0.3 is 0 Å². The van der Waals surface area contributed by atoms with Crippen molar-refractivity contribution < 1.29 is 4.74 Å². The maximum atomic E-state index is 5.74. The van der Waals surface area contributed by atoms with Gasteiger partial charge in [0.25, 0.3) is 0 Å². The van der Waals surface area contributed by atoms with Gasteiger partial charge in [-0.2, -0.15) is 0 Å². The summed E-state index contributed by atoms with van der Waals surface area (Å²) < 4.78 is 6.74. The van der Waals surface area contributed by atoms with Crippen LogP contribution in [0.1, 0.15) is 11.1 Å². The van der Waals surface area contributed by atoms with Crippen LogP contribution >= 0.6 is 15.9 Å². The number of aryl methyl sites for hydroxylation is 1. The molecule has 0 fully saturated rings. The van der Waals surface area contributed by atoms with E-state index in [1.165, 1.54) is 0 Å². The second-order valence-corrected chi connectivity index (χ2v) is 4.60. The fraction of sp³-hybridized carbons (Fsp3) is 0.154. The molecule has 2 rings (SSSR count). The first-order valence-corrected chi connectivity index (χ1v) is 6.04. The number of anilines is 1. The summed E-state index contributed by atoms with van der Waals surface area (Å²) in [4.78, 5) is 4.01. The fourth-order valence-electron chi connectivity index (χ4n) is 1.44. The molecule has 0 aliphatic rings. The molecule has 88 valence electrons. The standard InChI is InChI=1S/C13H13BrN2O/c1-9-7-11(4-5-12(9)14)17-8-10-3-2-6-16-13(10)15/h2-7H,8H2,1H3,(H2,15,16). The van der Waals surface area contributed by atoms with Crippen molar-refractivity contribution in [2.45, 2.75) is 13.5 Å². The molecule has 0 saturated carbocycles. The number of halogens is 1. The van der Waals surface area contributed by atoms with Gasteiger partial charge in [-0.15, -0.1) is 0 Å². The molecule has 2 aromatic rings. The SMILES string of the molecule is Cc1cc(OCc2cccnc2N)ccc1Br. The van der Waals surface area contributed by atoms with E-state index >= 15 is 0 Å². The van der Waals surface area contributed by atoms with Gasteiger partial charge in [-0.1, -0.05) is 22.0 Å². The molecule has 2 N–H and O–H groups in total. The summed E-state index contributed by atoms with van der Waals surface area (Å²) in [5.74, 6) is 1.34. The van der Waals surface area contributed by atoms with Crippen LogP contribution in [-0.4, -0.2) is 4.98 Å². The highest BCUT2D eigenvalue weighted by atomic mass is 79.9. The molecular formula is C13H13BrN2O. The molecule has 0 radical (unpaired) electrons. The van der Waals surface area contributed by atoms with Crippen molar-refractivity contribution in [2.24, 2.45) is 0 Å². The number of benzene rings is 1. The molecule has 0 atom stereocenters. The van der Waals surface area contributed by atoms with Crippen molar-refractivity contribution in [2.75, 3.05) is 5.73 Å². The maximum Gasteiger partial charge on any atom is 0.129 e. The molecule has 0 amide bonds. The van der Waals surface area contributed by atoms with Crippen molar-refractivity contribution in [1.29, 1.82) is 0 Å². The molecule has 0 unspecified atom stereocenters. The van der Waals surface area contributed by atoms with Gasteiger partial charge in [0.2, 0.25) is 0 Å². The highest BCUT2D eigenvalue weighted by Crippen LogP contribution is 2.22. The summed E-state index contributed by atoms with van der Waals surface area (Å²) in [6.07, 6.45) is 1.67. The molecule has 0 aliphatic carbocycles. The van der Waals surface area contributed by atoms with Crippen LogP contribution < -0.4 is 10.5 Å². The van der Waals surface area contributed by atoms with E-state index in [9.17, 15) is 0 Å². The third kappa shape index (κ3) is 2.97. The topological polar surface area (TPSA) is 48.1 Å². The van der Waals surface area contributed by atoms with Crippen LogP contribution in [0.3, 0.4) is 0 Å². The Morgan fingerprint density at radius 3 is 2.88 bits per heavy atom. The molecule has 0 spiro atoms. The van der Waals surface area contributed by atoms with E-state index in [0.717, 1.165) is 21.3 Å². The molecule has 4 heteroatoms. The number of ether oxygens (including phenoxy) is 1. The van der Waals surface area contributed by atoms with Crippen molar-refractivity contribution in [3.63, 3.8) is 0 Å². The molecule has 0 bridgehead atoms. The van der Waals surface area contributed by atoms with E-state index in [4.69, 9.17) is 10.5 Å². The van der Waals surface area contributed by atoms with Crippen LogP contribution in [0.4, 0.5) is 5.82 Å². The van der Waals surface area contributed by atoms with E-state index in [2.05, 4.69) is 20.9 Å². The Kier molecular flexibility index (Phi) is 3.64. The number of hydrogen-bond acceptors (Lipinski definition) is 3. The van der Waals surface area contributed by atoms with Crippen molar-refractivity contribution >= 4 is 21.7 Å². The number of nitrogens with zero attached hydrogens (tertiary/aromatic N) is 1. The van der Waals surface area contributed by atoms with Crippen LogP contribution in [0.2, 0.25) is 0 Å². The average molecular weight is 293 g/mol. The Bertz CT molecular complexity index is 529. The fourth-order valence-corrected chi connectivity index (χ4v) is 1.69. The van der Waals surface area contributed by atoms with E-state index < -0.39 is 0 Å². The van der Waals surface area contributed by atoms with Gasteiger partial charge in [-0.25, -0.2) is 4.98 Å². The summed E-state index contributed by atoms with van der Waals surface area (Å²) in [6, 6.07) is 9.63. The largest absolute Gasteiger partial charge is 0.489 e. The second-order valence-electron chi connectivity index (χ2n) is 3.75. The first kappa shape index (κ1) is 11.9. The van der Waals surface area contributed by atoms with Crippen molar-refractivity contribution in [3.05, 3.63) is 52.1 Å². The van der Waals surface area contributed by atoms with Gasteiger partial charge in [0, 0.05) is 16.2 Å². The molecule has 1 heterocycles. The summed E-state index contributed by atoms with van der Waals surface area (Å²) in [5.41, 5.74) is 7.78. The first-order chi connectivity index (χ1) is 8.16. The zero-order chi connectivity index (χ0) is 12.3. The van der Waals surface area contributed by atoms with Crippen molar-refractivity contribution in [1.82, 2.24) is 4.98 Å². The van der Waals surface area contributed by atoms with Crippen molar-refractivity contribution in [3.8, 4) is 5.75 Å². The predicted octanol–water partition coefficient (Wildman–Crippen LogP) is 3.31. The zero-order valence-electron chi connectivity index (χ0n) is 9.48. The summed E-state index contributed by atoms with van der Waals surface area (Å²) in [5, 5.41) is 0. The average Bonchev–Trinajstić information content (AvgIpc) is 2.32. The number of nitrogen functional groups attached to an aromatic ring is 1. The Hall–Kier alpha value is -1.55. The molecule has 1 aromatic heterocycles. The van der Waals surface area contributed by atoms with E-state index in [0.29, 0.717) is 12.4 Å². The van der Waals surface area contributed by atoms with Gasteiger partial charge in [-0.3, -0.25) is 0 Å². The van der Waals surface area contributed by atoms with E-state index in [1.807, 2.05) is 37.3 Å². The lowest BCUT2D eigenvalue weighted by Crippen LogP contribution is -2.01. The minimum atomic E-state index is 0.431. The normalized spacial score (nSPS) is 10.2. The Labute approximate surface area is 109 Å². The minimum Gasteiger partial charge on any atom is -0.489 e. The second kappa shape index (κ2) is 5.19. The van der Waals surface area contributed by atoms with Crippen LogP contribution in [0.25, 0.3) is 0 Å². The summed E-state index contributed by atoms with van der Waals surface area (Å²) in [7, 11) is 0. The molecular weight excluding hydrogens is 280 g/mol. The molecule has 0 saturated heterocycles. The Balaban J connectivity index is 2.08. The van der Waals surface area contributed by atoms with Crippen LogP contribution in [0, 0.1) is 6.92 Å². The highest BCUT2D eigenvalue weighted by Gasteiger charge is 2.02. The van der Waals surface area contributed by atoms with Gasteiger partial charge in [0.05, 0.1) is 0 Å². The number of aromatic nitrogens is 1. The number of hydrogen-bond donors (Lipinski definition) is 1. The van der Waals surface area contributed by atoms with Gasteiger partial charge < -0.3 is 10.5 Å². The van der Waals surface area contributed by atoms with Crippen LogP contribution in [0.15, 0.2) is 41.0 Å². The summed E-state index contributed by atoms with van der Waals surface area (Å²) >= 11 is 3.45. The molecule has 0 aliphatic heterocycles. The van der Waals surface area contributed by atoms with Gasteiger partial charge in [0.15, 0.2) is 0 Å². The molecule has 1 aromatic carbocycles. The molecule has 17 heavy (non-hydrogen) atoms. The predicted molar refractivity (Wildman–Crippen MR) is 71.9 cm³/mol. The number of rotatable bonds is 3. The molecule has 3 nitrogen and oxygen atoms in total. The Morgan fingerprint density at radius 2 is 2.18 bits per heavy atom. The van der Waals surface area contributed by atoms with E-state index in [-0.39, 0.29) is 0 Å². The lowest BCUT2D eigenvalue weighted by molar-refractivity contribution is 0.306. The smallest absolute Gasteiger partial charge is 0.129 e. The highest BCUT2D eigenvalue weighted by molar-refractivity contribution is 9.10. The quantitative estimate of drug-likeness (QED) is 0.944.